The van der Waals surface area contributed by atoms with E-state index in [2.05, 4.69) is 31.2 Å². The van der Waals surface area contributed by atoms with Gasteiger partial charge in [-0.1, -0.05) is 30.3 Å². The lowest BCUT2D eigenvalue weighted by atomic mass is 9.81. The summed E-state index contributed by atoms with van der Waals surface area (Å²) >= 11 is 0. The molecule has 3 aromatic carbocycles. The minimum Gasteiger partial charge on any atom is -0.349 e. The van der Waals surface area contributed by atoms with E-state index in [0.29, 0.717) is 30.1 Å². The van der Waals surface area contributed by atoms with Crippen LogP contribution in [0.1, 0.15) is 65.8 Å². The van der Waals surface area contributed by atoms with Gasteiger partial charge < -0.3 is 32.0 Å². The van der Waals surface area contributed by atoms with E-state index >= 15 is 0 Å². The van der Waals surface area contributed by atoms with E-state index in [9.17, 15) is 14.4 Å². The second-order valence-corrected chi connectivity index (χ2v) is 13.5. The SMILES string of the molecule is Cc1nc2ccc(NC(=O)[C@H](Cc3ccc(-c4ccc(C(=O)NC5CCNCC5)cc4C)cc3)NC(=O)C3CCC(CN)CC3)cc2[nH]1.Cl. The first-order valence-corrected chi connectivity index (χ1v) is 17.2. The maximum Gasteiger partial charge on any atom is 0.251 e. The second-order valence-electron chi connectivity index (χ2n) is 13.5. The lowest BCUT2D eigenvalue weighted by Gasteiger charge is -2.28. The van der Waals surface area contributed by atoms with Gasteiger partial charge in [0.05, 0.1) is 11.0 Å². The summed E-state index contributed by atoms with van der Waals surface area (Å²) in [5, 5.41) is 12.6. The highest BCUT2D eigenvalue weighted by molar-refractivity contribution is 5.99. The van der Waals surface area contributed by atoms with Crippen LogP contribution in [0.15, 0.2) is 60.7 Å². The Balaban J connectivity index is 0.00000468. The lowest BCUT2D eigenvalue weighted by molar-refractivity contribution is -0.130. The normalized spacial score (nSPS) is 18.7. The summed E-state index contributed by atoms with van der Waals surface area (Å²) in [7, 11) is 0. The predicted octanol–water partition coefficient (Wildman–Crippen LogP) is 5.18. The minimum absolute atomic E-state index is 0. The molecule has 4 aromatic rings. The van der Waals surface area contributed by atoms with E-state index < -0.39 is 6.04 Å². The van der Waals surface area contributed by atoms with Crippen molar-refractivity contribution in [1.29, 1.82) is 0 Å². The fourth-order valence-corrected chi connectivity index (χ4v) is 7.02. The number of hydrogen-bond acceptors (Lipinski definition) is 6. The molecule has 6 rings (SSSR count). The molecule has 7 N–H and O–H groups in total. The molecule has 2 heterocycles. The third kappa shape index (κ3) is 9.06. The van der Waals surface area contributed by atoms with Gasteiger partial charge in [0.2, 0.25) is 11.8 Å². The summed E-state index contributed by atoms with van der Waals surface area (Å²) in [4.78, 5) is 47.7. The van der Waals surface area contributed by atoms with E-state index in [1.165, 1.54) is 0 Å². The van der Waals surface area contributed by atoms with E-state index in [1.807, 2.05) is 74.5 Å². The molecule has 2 fully saturated rings. The van der Waals surface area contributed by atoms with Crippen molar-refractivity contribution in [3.05, 3.63) is 83.2 Å². The maximum atomic E-state index is 13.7. The van der Waals surface area contributed by atoms with Crippen LogP contribution in [-0.2, 0) is 16.0 Å². The van der Waals surface area contributed by atoms with Crippen LogP contribution in [0.3, 0.4) is 0 Å². The molecule has 1 aliphatic carbocycles. The van der Waals surface area contributed by atoms with Crippen LogP contribution in [0.4, 0.5) is 5.69 Å². The number of halogens is 1. The lowest BCUT2D eigenvalue weighted by Crippen LogP contribution is -2.48. The van der Waals surface area contributed by atoms with Gasteiger partial charge in [0, 0.05) is 29.6 Å². The maximum absolute atomic E-state index is 13.7. The molecule has 0 bridgehead atoms. The average Bonchev–Trinajstić information content (AvgIpc) is 3.48. The van der Waals surface area contributed by atoms with Crippen LogP contribution >= 0.6 is 12.4 Å². The van der Waals surface area contributed by atoms with Crippen LogP contribution in [0.25, 0.3) is 22.2 Å². The molecule has 0 radical (unpaired) electrons. The number of nitrogens with zero attached hydrogens (tertiary/aromatic N) is 1. The topological polar surface area (TPSA) is 154 Å². The van der Waals surface area contributed by atoms with Gasteiger partial charge in [-0.3, -0.25) is 14.4 Å². The van der Waals surface area contributed by atoms with Gasteiger partial charge in [0.1, 0.15) is 11.9 Å². The summed E-state index contributed by atoms with van der Waals surface area (Å²) in [5.74, 6) is 0.752. The van der Waals surface area contributed by atoms with Crippen molar-refractivity contribution >= 4 is 46.8 Å². The number of fused-ring (bicyclic) bond motifs is 1. The molecular formula is C38H48ClN7O3. The molecule has 1 aliphatic heterocycles. The standard InChI is InChI=1S/C38H47N7O3.ClH/c1-23-19-29(37(47)43-30-15-17-40-18-16-30)11-13-32(23)27-7-3-25(4-8-27)20-35(45-36(46)28-9-5-26(22-39)6-10-28)38(48)44-31-12-14-33-34(21-31)42-24(2)41-33;/h3-4,7-8,11-14,19,21,26,28,30,35,40H,5-6,9-10,15-18,20,22,39H2,1-2H3,(H,41,42)(H,43,47)(H,44,48)(H,45,46);1H/t26?,28?,35-;/m0./s1. The van der Waals surface area contributed by atoms with Gasteiger partial charge in [-0.25, -0.2) is 4.98 Å². The number of aromatic nitrogens is 2. The monoisotopic (exact) mass is 685 g/mol. The van der Waals surface area contributed by atoms with E-state index in [-0.39, 0.29) is 42.1 Å². The molecule has 11 heteroatoms. The highest BCUT2D eigenvalue weighted by Crippen LogP contribution is 2.29. The quantitative estimate of drug-likeness (QED) is 0.135. The number of rotatable bonds is 10. The Morgan fingerprint density at radius 3 is 2.35 bits per heavy atom. The third-order valence-corrected chi connectivity index (χ3v) is 9.92. The summed E-state index contributed by atoms with van der Waals surface area (Å²) in [6.45, 7) is 6.40. The van der Waals surface area contributed by atoms with Gasteiger partial charge in [0.15, 0.2) is 0 Å². The Kier molecular flexibility index (Phi) is 12.1. The summed E-state index contributed by atoms with van der Waals surface area (Å²) < 4.78 is 0. The molecule has 0 unspecified atom stereocenters. The molecule has 1 saturated heterocycles. The average molecular weight is 686 g/mol. The first-order valence-electron chi connectivity index (χ1n) is 17.2. The zero-order valence-electron chi connectivity index (χ0n) is 28.3. The number of carbonyl (C=O) groups is 3. The predicted molar refractivity (Wildman–Crippen MR) is 197 cm³/mol. The summed E-state index contributed by atoms with van der Waals surface area (Å²) in [6, 6.07) is 18.9. The van der Waals surface area contributed by atoms with Crippen molar-refractivity contribution in [2.45, 2.75) is 70.9 Å². The number of imidazole rings is 1. The minimum atomic E-state index is -0.755. The number of nitrogens with one attached hydrogen (secondary N) is 5. The van der Waals surface area contributed by atoms with Gasteiger partial charge in [0.25, 0.3) is 5.91 Å². The first kappa shape index (κ1) is 36.0. The number of carbonyl (C=O) groups excluding carboxylic acids is 3. The Morgan fingerprint density at radius 1 is 0.918 bits per heavy atom. The smallest absolute Gasteiger partial charge is 0.251 e. The summed E-state index contributed by atoms with van der Waals surface area (Å²) in [5.41, 5.74) is 12.8. The number of hydrogen-bond donors (Lipinski definition) is 6. The van der Waals surface area contributed by atoms with Crippen molar-refractivity contribution in [3.63, 3.8) is 0 Å². The number of piperidine rings is 1. The van der Waals surface area contributed by atoms with E-state index in [4.69, 9.17) is 5.73 Å². The van der Waals surface area contributed by atoms with Crippen LogP contribution in [0.2, 0.25) is 0 Å². The third-order valence-electron chi connectivity index (χ3n) is 9.92. The van der Waals surface area contributed by atoms with Crippen LogP contribution in [0, 0.1) is 25.7 Å². The van der Waals surface area contributed by atoms with Crippen molar-refractivity contribution in [3.8, 4) is 11.1 Å². The molecule has 0 spiro atoms. The second kappa shape index (κ2) is 16.4. The van der Waals surface area contributed by atoms with Gasteiger partial charge in [-0.15, -0.1) is 12.4 Å². The van der Waals surface area contributed by atoms with Crippen LogP contribution < -0.4 is 27.0 Å². The van der Waals surface area contributed by atoms with E-state index in [1.54, 1.807) is 0 Å². The van der Waals surface area contributed by atoms with Crippen molar-refractivity contribution in [2.75, 3.05) is 25.0 Å². The zero-order valence-corrected chi connectivity index (χ0v) is 29.1. The van der Waals surface area contributed by atoms with Gasteiger partial charge in [-0.2, -0.15) is 0 Å². The zero-order chi connectivity index (χ0) is 33.6. The Morgan fingerprint density at radius 2 is 1.65 bits per heavy atom. The molecular weight excluding hydrogens is 638 g/mol. The fraction of sp³-hybridized carbons (Fsp3) is 0.421. The number of nitrogens with two attached hydrogens (primary N) is 1. The Hall–Kier alpha value is -4.25. The molecule has 10 nitrogen and oxygen atoms in total. The Bertz CT molecular complexity index is 1760. The first-order chi connectivity index (χ1) is 23.2. The van der Waals surface area contributed by atoms with Crippen molar-refractivity contribution in [1.82, 2.24) is 25.9 Å². The van der Waals surface area contributed by atoms with Gasteiger partial charge >= 0.3 is 0 Å². The Labute approximate surface area is 294 Å². The molecule has 3 amide bonds. The molecule has 260 valence electrons. The van der Waals surface area contributed by atoms with Gasteiger partial charge in [-0.05, 0) is 131 Å². The number of H-pyrrole nitrogens is 1. The molecule has 49 heavy (non-hydrogen) atoms. The van der Waals surface area contributed by atoms with Crippen molar-refractivity contribution in [2.24, 2.45) is 17.6 Å². The summed E-state index contributed by atoms with van der Waals surface area (Å²) in [6.07, 6.45) is 5.65. The number of amides is 3. The largest absolute Gasteiger partial charge is 0.349 e. The number of anilines is 1. The van der Waals surface area contributed by atoms with Crippen LogP contribution in [0.5, 0.6) is 0 Å². The highest BCUT2D eigenvalue weighted by Gasteiger charge is 2.29. The van der Waals surface area contributed by atoms with E-state index in [0.717, 1.165) is 90.7 Å². The molecule has 1 atom stereocenters. The fourth-order valence-electron chi connectivity index (χ4n) is 7.02. The van der Waals surface area contributed by atoms with Crippen molar-refractivity contribution < 1.29 is 14.4 Å². The molecule has 1 aromatic heterocycles. The number of benzene rings is 3. The highest BCUT2D eigenvalue weighted by atomic mass is 35.5. The number of aryl methyl sites for hydroxylation is 2. The van der Waals surface area contributed by atoms with Crippen LogP contribution in [-0.4, -0.2) is 59.4 Å². The number of aromatic amines is 1. The molecule has 1 saturated carbocycles. The molecule has 2 aliphatic rings.